The molecule has 1 aromatic rings. The zero-order chi connectivity index (χ0) is 14.1. The Morgan fingerprint density at radius 2 is 1.75 bits per heavy atom. The molecule has 2 fully saturated rings. The SMILES string of the molecule is C=Cc1ccc(C(=O)C2CC3CCCC(C2)S3=O)cc1. The number of carbonyl (C=O) groups excluding carboxylic acids is 1. The van der Waals surface area contributed by atoms with Crippen molar-refractivity contribution in [3.05, 3.63) is 42.0 Å². The lowest BCUT2D eigenvalue weighted by Gasteiger charge is -2.37. The molecule has 2 unspecified atom stereocenters. The van der Waals surface area contributed by atoms with Gasteiger partial charge >= 0.3 is 0 Å². The van der Waals surface area contributed by atoms with Crippen LogP contribution in [0.3, 0.4) is 0 Å². The van der Waals surface area contributed by atoms with Gasteiger partial charge in [0.05, 0.1) is 0 Å². The van der Waals surface area contributed by atoms with Crippen molar-refractivity contribution in [2.24, 2.45) is 5.92 Å². The summed E-state index contributed by atoms with van der Waals surface area (Å²) < 4.78 is 12.2. The van der Waals surface area contributed by atoms with Crippen molar-refractivity contribution >= 4 is 22.7 Å². The average Bonchev–Trinajstić information content (AvgIpc) is 2.46. The fourth-order valence-corrected chi connectivity index (χ4v) is 5.65. The molecule has 106 valence electrons. The molecule has 0 aromatic heterocycles. The summed E-state index contributed by atoms with van der Waals surface area (Å²) in [6.07, 6.45) is 6.64. The van der Waals surface area contributed by atoms with Crippen molar-refractivity contribution in [1.29, 1.82) is 0 Å². The Hall–Kier alpha value is -1.22. The molecule has 0 amide bonds. The van der Waals surface area contributed by atoms with Gasteiger partial charge in [0.15, 0.2) is 5.78 Å². The fourth-order valence-electron chi connectivity index (χ4n) is 3.47. The van der Waals surface area contributed by atoms with Crippen LogP contribution in [0.2, 0.25) is 0 Å². The monoisotopic (exact) mass is 288 g/mol. The molecule has 3 heteroatoms. The number of hydrogen-bond acceptors (Lipinski definition) is 2. The topological polar surface area (TPSA) is 34.1 Å². The lowest BCUT2D eigenvalue weighted by Crippen LogP contribution is -2.41. The first-order valence-corrected chi connectivity index (χ1v) is 8.62. The molecule has 2 nitrogen and oxygen atoms in total. The molecule has 0 saturated carbocycles. The first-order valence-electron chi connectivity index (χ1n) is 7.35. The standard InChI is InChI=1S/C17H20O2S/c1-2-12-6-8-13(9-7-12)17(18)14-10-15-4-3-5-16(11-14)20(15)19/h2,6-9,14-16H,1,3-5,10-11H2. The third kappa shape index (κ3) is 2.51. The summed E-state index contributed by atoms with van der Waals surface area (Å²) in [4.78, 5) is 12.6. The van der Waals surface area contributed by atoms with E-state index in [2.05, 4.69) is 6.58 Å². The summed E-state index contributed by atoms with van der Waals surface area (Å²) in [5.74, 6) is 0.298. The number of Topliss-reactive ketones (excluding diaryl/α,β-unsaturated/α-hetero) is 1. The van der Waals surface area contributed by atoms with Crippen molar-refractivity contribution < 1.29 is 9.00 Å². The predicted molar refractivity (Wildman–Crippen MR) is 83.2 cm³/mol. The van der Waals surface area contributed by atoms with Gasteiger partial charge in [0, 0.05) is 32.8 Å². The van der Waals surface area contributed by atoms with E-state index in [9.17, 15) is 9.00 Å². The first kappa shape index (κ1) is 13.7. The molecule has 0 spiro atoms. The summed E-state index contributed by atoms with van der Waals surface area (Å²) in [5, 5.41) is 0.507. The van der Waals surface area contributed by atoms with Crippen molar-refractivity contribution in [1.82, 2.24) is 0 Å². The Balaban J connectivity index is 1.77. The van der Waals surface area contributed by atoms with E-state index >= 15 is 0 Å². The fraction of sp³-hybridized carbons (Fsp3) is 0.471. The highest BCUT2D eigenvalue weighted by atomic mass is 32.2. The van der Waals surface area contributed by atoms with Crippen molar-refractivity contribution in [3.63, 3.8) is 0 Å². The van der Waals surface area contributed by atoms with Gasteiger partial charge in [-0.3, -0.25) is 9.00 Å². The minimum absolute atomic E-state index is 0.0672. The van der Waals surface area contributed by atoms with Crippen LogP contribution >= 0.6 is 0 Å². The van der Waals surface area contributed by atoms with Gasteiger partial charge in [0.2, 0.25) is 0 Å². The second kappa shape index (κ2) is 5.65. The molecule has 3 rings (SSSR count). The van der Waals surface area contributed by atoms with E-state index in [1.54, 1.807) is 6.08 Å². The van der Waals surface area contributed by atoms with Gasteiger partial charge in [-0.2, -0.15) is 0 Å². The summed E-state index contributed by atoms with van der Waals surface area (Å²) in [7, 11) is -0.700. The van der Waals surface area contributed by atoms with Crippen LogP contribution in [0, 0.1) is 5.92 Å². The number of hydrogen-bond donors (Lipinski definition) is 0. The summed E-state index contributed by atoms with van der Waals surface area (Å²) >= 11 is 0. The molecule has 2 aliphatic heterocycles. The molecule has 20 heavy (non-hydrogen) atoms. The number of carbonyl (C=O) groups is 1. The Morgan fingerprint density at radius 1 is 1.15 bits per heavy atom. The second-order valence-corrected chi connectivity index (χ2v) is 7.85. The summed E-state index contributed by atoms with van der Waals surface area (Å²) in [5.41, 5.74) is 1.81. The number of fused-ring (bicyclic) bond motifs is 2. The molecular weight excluding hydrogens is 268 g/mol. The molecule has 0 radical (unpaired) electrons. The average molecular weight is 288 g/mol. The number of rotatable bonds is 3. The highest BCUT2D eigenvalue weighted by Crippen LogP contribution is 2.38. The van der Waals surface area contributed by atoms with Crippen molar-refractivity contribution in [2.45, 2.75) is 42.6 Å². The summed E-state index contributed by atoms with van der Waals surface area (Å²) in [6.45, 7) is 3.72. The van der Waals surface area contributed by atoms with Gasteiger partial charge < -0.3 is 0 Å². The van der Waals surface area contributed by atoms with Crippen molar-refractivity contribution in [3.8, 4) is 0 Å². The van der Waals surface area contributed by atoms with E-state index in [-0.39, 0.29) is 22.2 Å². The number of benzene rings is 1. The lowest BCUT2D eigenvalue weighted by molar-refractivity contribution is 0.0895. The highest BCUT2D eigenvalue weighted by Gasteiger charge is 2.40. The smallest absolute Gasteiger partial charge is 0.166 e. The van der Waals surface area contributed by atoms with Crippen LogP contribution in [0.15, 0.2) is 30.8 Å². The molecule has 2 saturated heterocycles. The Morgan fingerprint density at radius 3 is 2.30 bits per heavy atom. The van der Waals surface area contributed by atoms with Crippen LogP contribution in [0.1, 0.15) is 48.0 Å². The molecular formula is C17H20O2S. The number of ketones is 1. The van der Waals surface area contributed by atoms with Crippen LogP contribution in [0.5, 0.6) is 0 Å². The van der Waals surface area contributed by atoms with E-state index in [4.69, 9.17) is 0 Å². The van der Waals surface area contributed by atoms with E-state index in [0.717, 1.165) is 36.8 Å². The molecule has 2 bridgehead atoms. The van der Waals surface area contributed by atoms with Gasteiger partial charge in [0.25, 0.3) is 0 Å². The maximum atomic E-state index is 12.6. The normalized spacial score (nSPS) is 32.6. The summed E-state index contributed by atoms with van der Waals surface area (Å²) in [6, 6.07) is 7.64. The van der Waals surface area contributed by atoms with Crippen LogP contribution in [-0.4, -0.2) is 20.5 Å². The predicted octanol–water partition coefficient (Wildman–Crippen LogP) is 3.59. The van der Waals surface area contributed by atoms with E-state index < -0.39 is 10.8 Å². The van der Waals surface area contributed by atoms with Crippen LogP contribution < -0.4 is 0 Å². The minimum Gasteiger partial charge on any atom is -0.294 e. The Bertz CT molecular complexity index is 531. The maximum absolute atomic E-state index is 12.6. The van der Waals surface area contributed by atoms with Crippen LogP contribution in [0.4, 0.5) is 0 Å². The van der Waals surface area contributed by atoms with E-state index in [0.29, 0.717) is 0 Å². The second-order valence-electron chi connectivity index (χ2n) is 5.86. The van der Waals surface area contributed by atoms with Gasteiger partial charge in [0.1, 0.15) is 0 Å². The van der Waals surface area contributed by atoms with Gasteiger partial charge in [-0.1, -0.05) is 43.3 Å². The zero-order valence-electron chi connectivity index (χ0n) is 11.6. The molecule has 2 heterocycles. The third-order valence-electron chi connectivity index (χ3n) is 4.61. The quantitative estimate of drug-likeness (QED) is 0.797. The van der Waals surface area contributed by atoms with E-state index in [1.165, 1.54) is 6.42 Å². The van der Waals surface area contributed by atoms with Crippen molar-refractivity contribution in [2.75, 3.05) is 0 Å². The van der Waals surface area contributed by atoms with Gasteiger partial charge in [-0.15, -0.1) is 0 Å². The molecule has 1 aromatic carbocycles. The zero-order valence-corrected chi connectivity index (χ0v) is 12.4. The first-order chi connectivity index (χ1) is 9.69. The van der Waals surface area contributed by atoms with Gasteiger partial charge in [-0.05, 0) is 31.2 Å². The molecule has 2 aliphatic rings. The third-order valence-corrected chi connectivity index (χ3v) is 6.78. The minimum atomic E-state index is -0.700. The maximum Gasteiger partial charge on any atom is 0.166 e. The highest BCUT2D eigenvalue weighted by molar-refractivity contribution is 7.86. The molecule has 0 aliphatic carbocycles. The Labute approximate surface area is 122 Å². The molecule has 2 atom stereocenters. The lowest BCUT2D eigenvalue weighted by atomic mass is 9.84. The Kier molecular flexibility index (Phi) is 3.88. The van der Waals surface area contributed by atoms with Gasteiger partial charge in [-0.25, -0.2) is 0 Å². The van der Waals surface area contributed by atoms with Crippen LogP contribution in [-0.2, 0) is 10.8 Å². The van der Waals surface area contributed by atoms with E-state index in [1.807, 2.05) is 24.3 Å². The largest absolute Gasteiger partial charge is 0.294 e. The van der Waals surface area contributed by atoms with Crippen LogP contribution in [0.25, 0.3) is 6.08 Å². The molecule has 0 N–H and O–H groups in total.